The fourth-order valence-electron chi connectivity index (χ4n) is 3.45. The number of hydrogen-bond acceptors (Lipinski definition) is 4. The first-order valence-electron chi connectivity index (χ1n) is 7.12. The summed E-state index contributed by atoms with van der Waals surface area (Å²) in [5.41, 5.74) is 5.30. The predicted molar refractivity (Wildman–Crippen MR) is 72.6 cm³/mol. The number of fused-ring (bicyclic) bond motifs is 1. The molecule has 1 aliphatic carbocycles. The summed E-state index contributed by atoms with van der Waals surface area (Å²) in [5, 5.41) is 2.90. The molecule has 3 unspecified atom stereocenters. The number of carbonyl (C=O) groups is 1. The third-order valence-electron chi connectivity index (χ3n) is 4.67. The van der Waals surface area contributed by atoms with Crippen molar-refractivity contribution in [3.05, 3.63) is 0 Å². The Balaban J connectivity index is 1.91. The number of hydrogen-bond donors (Lipinski definition) is 2. The third-order valence-corrected chi connectivity index (χ3v) is 4.67. The molecule has 1 saturated heterocycles. The van der Waals surface area contributed by atoms with Crippen molar-refractivity contribution >= 4 is 5.91 Å². The molecule has 0 aromatic carbocycles. The molecule has 0 aromatic heterocycles. The van der Waals surface area contributed by atoms with Crippen LogP contribution in [0.2, 0.25) is 0 Å². The first-order valence-corrected chi connectivity index (χ1v) is 7.12. The first-order chi connectivity index (χ1) is 8.81. The maximum Gasteiger partial charge on any atom is 0.241 e. The molecule has 1 heterocycles. The standard InChI is InChI=1S/C14H26N2O3/c1-9(2)18-8-6-16-12(17)14(15)10-5-7-19-11(10)13(14,3)4/h9-11H,5-8,15H2,1-4H3,(H,16,17). The maximum atomic E-state index is 12.4. The van der Waals surface area contributed by atoms with Crippen LogP contribution in [-0.2, 0) is 14.3 Å². The molecular weight excluding hydrogens is 244 g/mol. The normalized spacial score (nSPS) is 35.9. The Morgan fingerprint density at radius 3 is 2.84 bits per heavy atom. The Morgan fingerprint density at radius 2 is 2.21 bits per heavy atom. The second kappa shape index (κ2) is 5.04. The van der Waals surface area contributed by atoms with Gasteiger partial charge in [-0.2, -0.15) is 0 Å². The average molecular weight is 270 g/mol. The number of amides is 1. The second-order valence-corrected chi connectivity index (χ2v) is 6.45. The molecule has 2 aliphatic rings. The van der Waals surface area contributed by atoms with E-state index in [0.29, 0.717) is 19.8 Å². The SMILES string of the molecule is CC(C)OCCNC(=O)C1(N)C2CCOC2C1(C)C. The fraction of sp³-hybridized carbons (Fsp3) is 0.929. The van der Waals surface area contributed by atoms with Crippen LogP contribution in [0.25, 0.3) is 0 Å². The van der Waals surface area contributed by atoms with Crippen molar-refractivity contribution in [3.63, 3.8) is 0 Å². The van der Waals surface area contributed by atoms with Gasteiger partial charge >= 0.3 is 0 Å². The average Bonchev–Trinajstić information content (AvgIpc) is 2.80. The molecule has 3 atom stereocenters. The molecule has 2 fully saturated rings. The van der Waals surface area contributed by atoms with Crippen LogP contribution in [0.4, 0.5) is 0 Å². The van der Waals surface area contributed by atoms with E-state index in [-0.39, 0.29) is 29.4 Å². The largest absolute Gasteiger partial charge is 0.377 e. The Bertz CT molecular complexity index is 357. The van der Waals surface area contributed by atoms with Gasteiger partial charge in [0.25, 0.3) is 0 Å². The molecule has 1 amide bonds. The minimum absolute atomic E-state index is 0.0726. The van der Waals surface area contributed by atoms with Crippen LogP contribution in [0.1, 0.15) is 34.1 Å². The molecule has 0 spiro atoms. The highest BCUT2D eigenvalue weighted by atomic mass is 16.5. The molecule has 1 aliphatic heterocycles. The predicted octanol–water partition coefficient (Wildman–Crippen LogP) is 0.670. The Morgan fingerprint density at radius 1 is 1.53 bits per heavy atom. The summed E-state index contributed by atoms with van der Waals surface area (Å²) in [5.74, 6) is 0.0742. The van der Waals surface area contributed by atoms with Gasteiger partial charge in [-0.05, 0) is 20.3 Å². The lowest BCUT2D eigenvalue weighted by atomic mass is 9.48. The number of rotatable bonds is 5. The lowest BCUT2D eigenvalue weighted by Gasteiger charge is -2.60. The van der Waals surface area contributed by atoms with E-state index in [2.05, 4.69) is 5.32 Å². The van der Waals surface area contributed by atoms with E-state index in [1.165, 1.54) is 0 Å². The fourth-order valence-corrected chi connectivity index (χ4v) is 3.45. The lowest BCUT2D eigenvalue weighted by molar-refractivity contribution is -0.175. The zero-order valence-electron chi connectivity index (χ0n) is 12.4. The molecule has 0 bridgehead atoms. The van der Waals surface area contributed by atoms with E-state index in [1.807, 2.05) is 27.7 Å². The number of nitrogens with one attached hydrogen (secondary N) is 1. The summed E-state index contributed by atoms with van der Waals surface area (Å²) in [6.07, 6.45) is 1.17. The molecule has 5 nitrogen and oxygen atoms in total. The highest BCUT2D eigenvalue weighted by molar-refractivity contribution is 5.89. The van der Waals surface area contributed by atoms with Crippen molar-refractivity contribution < 1.29 is 14.3 Å². The Kier molecular flexibility index (Phi) is 3.91. The van der Waals surface area contributed by atoms with Crippen LogP contribution in [-0.4, -0.2) is 43.4 Å². The van der Waals surface area contributed by atoms with Crippen molar-refractivity contribution in [2.75, 3.05) is 19.8 Å². The maximum absolute atomic E-state index is 12.4. The molecule has 5 heteroatoms. The zero-order valence-corrected chi connectivity index (χ0v) is 12.4. The summed E-state index contributed by atoms with van der Waals surface area (Å²) >= 11 is 0. The summed E-state index contributed by atoms with van der Waals surface area (Å²) in [7, 11) is 0. The summed E-state index contributed by atoms with van der Waals surface area (Å²) in [6, 6.07) is 0. The van der Waals surface area contributed by atoms with E-state index >= 15 is 0 Å². The molecule has 0 aromatic rings. The van der Waals surface area contributed by atoms with Gasteiger partial charge in [0.1, 0.15) is 5.54 Å². The highest BCUT2D eigenvalue weighted by Crippen LogP contribution is 2.58. The Hall–Kier alpha value is -0.650. The quantitative estimate of drug-likeness (QED) is 0.720. The minimum Gasteiger partial charge on any atom is -0.377 e. The summed E-state index contributed by atoms with van der Waals surface area (Å²) in [6.45, 7) is 9.72. The van der Waals surface area contributed by atoms with Gasteiger partial charge in [0, 0.05) is 24.5 Å². The van der Waals surface area contributed by atoms with Gasteiger partial charge in [-0.1, -0.05) is 13.8 Å². The van der Waals surface area contributed by atoms with Crippen molar-refractivity contribution in [3.8, 4) is 0 Å². The smallest absolute Gasteiger partial charge is 0.241 e. The van der Waals surface area contributed by atoms with E-state index in [1.54, 1.807) is 0 Å². The molecule has 3 N–H and O–H groups in total. The monoisotopic (exact) mass is 270 g/mol. The number of carbonyl (C=O) groups excluding carboxylic acids is 1. The zero-order chi connectivity index (χ0) is 14.3. The van der Waals surface area contributed by atoms with Crippen LogP contribution in [0.5, 0.6) is 0 Å². The van der Waals surface area contributed by atoms with Crippen molar-refractivity contribution in [1.29, 1.82) is 0 Å². The van der Waals surface area contributed by atoms with E-state index < -0.39 is 5.54 Å². The second-order valence-electron chi connectivity index (χ2n) is 6.45. The van der Waals surface area contributed by atoms with Gasteiger partial charge in [0.15, 0.2) is 0 Å². The lowest BCUT2D eigenvalue weighted by Crippen LogP contribution is -2.80. The third kappa shape index (κ3) is 2.18. The molecule has 110 valence electrons. The Labute approximate surface area is 115 Å². The summed E-state index contributed by atoms with van der Waals surface area (Å²) < 4.78 is 11.1. The minimum atomic E-state index is -0.813. The van der Waals surface area contributed by atoms with Gasteiger partial charge in [-0.15, -0.1) is 0 Å². The topological polar surface area (TPSA) is 73.6 Å². The van der Waals surface area contributed by atoms with Gasteiger partial charge in [0.05, 0.1) is 18.8 Å². The first kappa shape index (κ1) is 14.8. The van der Waals surface area contributed by atoms with Gasteiger partial charge in [-0.25, -0.2) is 0 Å². The number of nitrogens with two attached hydrogens (primary N) is 1. The van der Waals surface area contributed by atoms with Crippen molar-refractivity contribution in [2.45, 2.75) is 51.9 Å². The molecule has 2 rings (SSSR count). The molecule has 19 heavy (non-hydrogen) atoms. The van der Waals surface area contributed by atoms with Crippen LogP contribution in [0.15, 0.2) is 0 Å². The molecule has 1 saturated carbocycles. The van der Waals surface area contributed by atoms with Crippen molar-refractivity contribution in [2.24, 2.45) is 17.1 Å². The van der Waals surface area contributed by atoms with Crippen LogP contribution in [0, 0.1) is 11.3 Å². The van der Waals surface area contributed by atoms with Crippen LogP contribution in [0.3, 0.4) is 0 Å². The molecule has 0 radical (unpaired) electrons. The van der Waals surface area contributed by atoms with E-state index in [9.17, 15) is 4.79 Å². The number of ether oxygens (including phenoxy) is 2. The van der Waals surface area contributed by atoms with Gasteiger partial charge < -0.3 is 20.5 Å². The van der Waals surface area contributed by atoms with Crippen molar-refractivity contribution in [1.82, 2.24) is 5.32 Å². The van der Waals surface area contributed by atoms with Crippen LogP contribution >= 0.6 is 0 Å². The van der Waals surface area contributed by atoms with E-state index in [4.69, 9.17) is 15.2 Å². The van der Waals surface area contributed by atoms with Crippen LogP contribution < -0.4 is 11.1 Å². The molecular formula is C14H26N2O3. The van der Waals surface area contributed by atoms with Gasteiger partial charge in [-0.3, -0.25) is 4.79 Å². The summed E-state index contributed by atoms with van der Waals surface area (Å²) in [4.78, 5) is 12.4. The van der Waals surface area contributed by atoms with Gasteiger partial charge in [0.2, 0.25) is 5.91 Å². The van der Waals surface area contributed by atoms with E-state index in [0.717, 1.165) is 6.42 Å². The highest BCUT2D eigenvalue weighted by Gasteiger charge is 2.71.